The van der Waals surface area contributed by atoms with Crippen LogP contribution in [-0.4, -0.2) is 21.6 Å². The van der Waals surface area contributed by atoms with Crippen molar-refractivity contribution in [2.75, 3.05) is 0 Å². The molecule has 0 saturated carbocycles. The first kappa shape index (κ1) is 17.9. The molecule has 2 heterocycles. The van der Waals surface area contributed by atoms with Gasteiger partial charge in [0.15, 0.2) is 0 Å². The number of thiophene rings is 1. The van der Waals surface area contributed by atoms with Crippen LogP contribution in [0.4, 0.5) is 0 Å². The highest BCUT2D eigenvalue weighted by molar-refractivity contribution is 7.18. The van der Waals surface area contributed by atoms with E-state index in [0.717, 1.165) is 41.6 Å². The van der Waals surface area contributed by atoms with E-state index in [1.54, 1.807) is 25.2 Å². The smallest absolute Gasteiger partial charge is 0.326 e. The van der Waals surface area contributed by atoms with Crippen LogP contribution in [0.2, 0.25) is 0 Å². The van der Waals surface area contributed by atoms with E-state index in [9.17, 15) is 9.59 Å². The molecule has 1 aliphatic carbocycles. The van der Waals surface area contributed by atoms with Crippen molar-refractivity contribution in [1.82, 2.24) is 9.55 Å². The summed E-state index contributed by atoms with van der Waals surface area (Å²) in [4.78, 5) is 32.6. The molecule has 0 bridgehead atoms. The second kappa shape index (κ2) is 7.27. The van der Waals surface area contributed by atoms with Crippen molar-refractivity contribution >= 4 is 27.5 Å². The van der Waals surface area contributed by atoms with Crippen molar-refractivity contribution in [3.63, 3.8) is 0 Å². The molecule has 1 aromatic carbocycles. The molecule has 27 heavy (non-hydrogen) atoms. The Morgan fingerprint density at radius 1 is 1.22 bits per heavy atom. The zero-order valence-corrected chi connectivity index (χ0v) is 16.3. The van der Waals surface area contributed by atoms with Crippen molar-refractivity contribution in [1.29, 1.82) is 0 Å². The molecule has 6 heteroatoms. The van der Waals surface area contributed by atoms with Gasteiger partial charge in [-0.25, -0.2) is 4.98 Å². The number of hydrogen-bond acceptors (Lipinski definition) is 5. The summed E-state index contributed by atoms with van der Waals surface area (Å²) in [7, 11) is 0. The van der Waals surface area contributed by atoms with Crippen molar-refractivity contribution in [3.8, 4) is 11.4 Å². The maximum atomic E-state index is 13.4. The lowest BCUT2D eigenvalue weighted by Gasteiger charge is -2.14. The number of aryl methyl sites for hydroxylation is 2. The first-order chi connectivity index (χ1) is 13.0. The van der Waals surface area contributed by atoms with E-state index < -0.39 is 5.97 Å². The Balaban J connectivity index is 1.92. The van der Waals surface area contributed by atoms with Gasteiger partial charge in [-0.3, -0.25) is 14.2 Å². The maximum absolute atomic E-state index is 13.4. The molecule has 0 N–H and O–H groups in total. The average molecular weight is 382 g/mol. The molecule has 1 aliphatic rings. The van der Waals surface area contributed by atoms with Crippen molar-refractivity contribution in [3.05, 3.63) is 51.1 Å². The zero-order chi connectivity index (χ0) is 19.0. The second-order valence-corrected chi connectivity index (χ2v) is 8.21. The van der Waals surface area contributed by atoms with Gasteiger partial charge in [0.1, 0.15) is 17.2 Å². The molecule has 0 atom stereocenters. The lowest BCUT2D eigenvalue weighted by atomic mass is 9.97. The second-order valence-electron chi connectivity index (χ2n) is 7.12. The van der Waals surface area contributed by atoms with Gasteiger partial charge in [-0.15, -0.1) is 11.3 Å². The SMILES string of the molecule is CC(C)OC(=O)Cn1c(-c2ccccc2)nc2sc3c(c2c1=O)CCCC3. The van der Waals surface area contributed by atoms with Gasteiger partial charge in [-0.05, 0) is 45.1 Å². The lowest BCUT2D eigenvalue weighted by molar-refractivity contribution is -0.148. The van der Waals surface area contributed by atoms with Gasteiger partial charge in [0, 0.05) is 10.4 Å². The minimum atomic E-state index is -0.422. The summed E-state index contributed by atoms with van der Waals surface area (Å²) in [5, 5.41) is 0.687. The van der Waals surface area contributed by atoms with Crippen LogP contribution in [-0.2, 0) is 28.9 Å². The summed E-state index contributed by atoms with van der Waals surface area (Å²) in [6, 6.07) is 9.54. The Kier molecular flexibility index (Phi) is 4.83. The van der Waals surface area contributed by atoms with Gasteiger partial charge in [-0.2, -0.15) is 0 Å². The molecule has 5 nitrogen and oxygen atoms in total. The third-order valence-corrected chi connectivity index (χ3v) is 5.95. The van der Waals surface area contributed by atoms with E-state index >= 15 is 0 Å². The van der Waals surface area contributed by atoms with Gasteiger partial charge in [0.25, 0.3) is 5.56 Å². The van der Waals surface area contributed by atoms with Crippen LogP contribution in [0.3, 0.4) is 0 Å². The monoisotopic (exact) mass is 382 g/mol. The van der Waals surface area contributed by atoms with E-state index in [0.29, 0.717) is 11.2 Å². The molecule has 0 amide bonds. The maximum Gasteiger partial charge on any atom is 0.326 e. The molecule has 0 aliphatic heterocycles. The third-order valence-electron chi connectivity index (χ3n) is 4.76. The van der Waals surface area contributed by atoms with E-state index in [1.165, 1.54) is 9.44 Å². The summed E-state index contributed by atoms with van der Waals surface area (Å²) in [5.74, 6) is 0.0990. The fourth-order valence-electron chi connectivity index (χ4n) is 3.62. The van der Waals surface area contributed by atoms with Crippen molar-refractivity contribution in [2.45, 2.75) is 52.2 Å². The first-order valence-electron chi connectivity index (χ1n) is 9.34. The summed E-state index contributed by atoms with van der Waals surface area (Å²) in [6.45, 7) is 3.47. The fraction of sp³-hybridized carbons (Fsp3) is 0.381. The van der Waals surface area contributed by atoms with Gasteiger partial charge in [0.2, 0.25) is 0 Å². The highest BCUT2D eigenvalue weighted by Gasteiger charge is 2.23. The van der Waals surface area contributed by atoms with Crippen molar-refractivity contribution in [2.24, 2.45) is 0 Å². The molecule has 0 saturated heterocycles. The molecular weight excluding hydrogens is 360 g/mol. The predicted octanol–water partition coefficient (Wildman–Crippen LogP) is 3.96. The molecule has 4 rings (SSSR count). The van der Waals surface area contributed by atoms with E-state index in [4.69, 9.17) is 9.72 Å². The Morgan fingerprint density at radius 3 is 2.70 bits per heavy atom. The topological polar surface area (TPSA) is 61.2 Å². The van der Waals surface area contributed by atoms with Crippen LogP contribution in [0.5, 0.6) is 0 Å². The Labute approximate surface area is 161 Å². The molecule has 3 aromatic rings. The normalized spacial score (nSPS) is 13.7. The van der Waals surface area contributed by atoms with Crippen LogP contribution >= 0.6 is 11.3 Å². The molecular formula is C21H22N2O3S. The fourth-order valence-corrected chi connectivity index (χ4v) is 4.87. The average Bonchev–Trinajstić information content (AvgIpc) is 3.02. The van der Waals surface area contributed by atoms with Crippen molar-refractivity contribution < 1.29 is 9.53 Å². The summed E-state index contributed by atoms with van der Waals surface area (Å²) in [5.41, 5.74) is 1.81. The number of aromatic nitrogens is 2. The Bertz CT molecular complexity index is 1050. The third kappa shape index (κ3) is 3.41. The van der Waals surface area contributed by atoms with Gasteiger partial charge < -0.3 is 4.74 Å². The van der Waals surface area contributed by atoms with Crippen LogP contribution in [0, 0.1) is 0 Å². The lowest BCUT2D eigenvalue weighted by Crippen LogP contribution is -2.29. The van der Waals surface area contributed by atoms with Crippen LogP contribution in [0.1, 0.15) is 37.1 Å². The number of carbonyl (C=O) groups is 1. The minimum absolute atomic E-state index is 0.130. The minimum Gasteiger partial charge on any atom is -0.462 e. The quantitative estimate of drug-likeness (QED) is 0.641. The zero-order valence-electron chi connectivity index (χ0n) is 15.5. The number of hydrogen-bond donors (Lipinski definition) is 0. The largest absolute Gasteiger partial charge is 0.462 e. The molecule has 140 valence electrons. The number of carbonyl (C=O) groups excluding carboxylic acids is 1. The summed E-state index contributed by atoms with van der Waals surface area (Å²) in [6.07, 6.45) is 3.94. The predicted molar refractivity (Wildman–Crippen MR) is 107 cm³/mol. The van der Waals surface area contributed by atoms with E-state index in [-0.39, 0.29) is 18.2 Å². The number of benzene rings is 1. The molecule has 0 unspecified atom stereocenters. The standard InChI is InChI=1S/C21H22N2O3S/c1-13(2)26-17(24)12-23-19(14-8-4-3-5-9-14)22-20-18(21(23)25)15-10-6-7-11-16(15)27-20/h3-5,8-9,13H,6-7,10-12H2,1-2H3. The van der Waals surface area contributed by atoms with E-state index in [2.05, 4.69) is 0 Å². The number of nitrogens with zero attached hydrogens (tertiary/aromatic N) is 2. The summed E-state index contributed by atoms with van der Waals surface area (Å²) >= 11 is 1.62. The molecule has 0 radical (unpaired) electrons. The van der Waals surface area contributed by atoms with E-state index in [1.807, 2.05) is 30.3 Å². The van der Waals surface area contributed by atoms with Gasteiger partial charge in [0.05, 0.1) is 11.5 Å². The molecule has 0 fully saturated rings. The number of esters is 1. The number of ether oxygens (including phenoxy) is 1. The molecule has 0 spiro atoms. The van der Waals surface area contributed by atoms with Gasteiger partial charge >= 0.3 is 5.97 Å². The van der Waals surface area contributed by atoms with Crippen LogP contribution < -0.4 is 5.56 Å². The Hall–Kier alpha value is -2.47. The summed E-state index contributed by atoms with van der Waals surface area (Å²) < 4.78 is 6.76. The first-order valence-corrected chi connectivity index (χ1v) is 10.2. The van der Waals surface area contributed by atoms with Gasteiger partial charge in [-0.1, -0.05) is 30.3 Å². The highest BCUT2D eigenvalue weighted by atomic mass is 32.1. The van der Waals surface area contributed by atoms with Crippen LogP contribution in [0.25, 0.3) is 21.6 Å². The Morgan fingerprint density at radius 2 is 1.96 bits per heavy atom. The molecule has 2 aromatic heterocycles. The number of fused-ring (bicyclic) bond motifs is 3. The van der Waals surface area contributed by atoms with Crippen LogP contribution in [0.15, 0.2) is 35.1 Å². The highest BCUT2D eigenvalue weighted by Crippen LogP contribution is 2.34. The number of rotatable bonds is 4.